The Balaban J connectivity index is 2.51. The predicted molar refractivity (Wildman–Crippen MR) is 87.1 cm³/mol. The van der Waals surface area contributed by atoms with E-state index in [4.69, 9.17) is 9.72 Å². The molecule has 0 bridgehead atoms. The Kier molecular flexibility index (Phi) is 3.48. The van der Waals surface area contributed by atoms with E-state index in [2.05, 4.69) is 60.1 Å². The van der Waals surface area contributed by atoms with Gasteiger partial charge in [-0.25, -0.2) is 4.98 Å². The zero-order valence-electron chi connectivity index (χ0n) is 11.8. The van der Waals surface area contributed by atoms with E-state index in [-0.39, 0.29) is 0 Å². The van der Waals surface area contributed by atoms with Gasteiger partial charge >= 0.3 is 0 Å². The lowest BCUT2D eigenvalue weighted by atomic mass is 9.98. The molecule has 20 heavy (non-hydrogen) atoms. The molecule has 0 spiro atoms. The Hall–Kier alpha value is -1.45. The highest BCUT2D eigenvalue weighted by molar-refractivity contribution is 9.10. The molecule has 3 rings (SSSR count). The van der Waals surface area contributed by atoms with Gasteiger partial charge in [0.15, 0.2) is 0 Å². The minimum atomic E-state index is 0.531. The van der Waals surface area contributed by atoms with E-state index >= 15 is 0 Å². The number of nitrogens with zero attached hydrogens (tertiary/aromatic N) is 1. The lowest BCUT2D eigenvalue weighted by Crippen LogP contribution is -1.98. The largest absolute Gasteiger partial charge is 0.378 e. The second kappa shape index (κ2) is 5.15. The van der Waals surface area contributed by atoms with Crippen LogP contribution in [0.1, 0.15) is 16.8 Å². The lowest BCUT2D eigenvalue weighted by molar-refractivity contribution is 0.183. The summed E-state index contributed by atoms with van der Waals surface area (Å²) in [5, 5.41) is 3.66. The van der Waals surface area contributed by atoms with Crippen LogP contribution in [0.5, 0.6) is 0 Å². The summed E-state index contributed by atoms with van der Waals surface area (Å²) in [6.45, 7) is 4.80. The van der Waals surface area contributed by atoms with Gasteiger partial charge in [-0.1, -0.05) is 39.7 Å². The Morgan fingerprint density at radius 2 is 1.90 bits per heavy atom. The van der Waals surface area contributed by atoms with Crippen LogP contribution in [0, 0.1) is 13.8 Å². The first-order valence-electron chi connectivity index (χ1n) is 6.58. The van der Waals surface area contributed by atoms with Crippen molar-refractivity contribution in [3.8, 4) is 0 Å². The van der Waals surface area contributed by atoms with Crippen molar-refractivity contribution in [1.29, 1.82) is 0 Å². The van der Waals surface area contributed by atoms with Crippen molar-refractivity contribution in [3.05, 3.63) is 51.6 Å². The highest BCUT2D eigenvalue weighted by atomic mass is 79.9. The Morgan fingerprint density at radius 3 is 2.65 bits per heavy atom. The molecule has 3 heteroatoms. The number of hydrogen-bond acceptors (Lipinski definition) is 2. The van der Waals surface area contributed by atoms with E-state index in [9.17, 15) is 0 Å². The number of halogens is 1. The van der Waals surface area contributed by atoms with Crippen molar-refractivity contribution >= 4 is 37.6 Å². The van der Waals surface area contributed by atoms with Gasteiger partial charge in [0.1, 0.15) is 0 Å². The first kappa shape index (κ1) is 13.5. The summed E-state index contributed by atoms with van der Waals surface area (Å²) in [4.78, 5) is 4.79. The SMILES string of the molecule is COCc1nc2cc(Br)ccc2c2cc(C)cc(C)c12. The van der Waals surface area contributed by atoms with Gasteiger partial charge in [-0.15, -0.1) is 0 Å². The Morgan fingerprint density at radius 1 is 1.10 bits per heavy atom. The molecule has 102 valence electrons. The van der Waals surface area contributed by atoms with Gasteiger partial charge in [0.25, 0.3) is 0 Å². The van der Waals surface area contributed by atoms with Crippen LogP contribution >= 0.6 is 15.9 Å². The number of hydrogen-bond donors (Lipinski definition) is 0. The van der Waals surface area contributed by atoms with Gasteiger partial charge in [-0.05, 0) is 36.9 Å². The molecule has 0 atom stereocenters. The van der Waals surface area contributed by atoms with E-state index in [0.717, 1.165) is 15.7 Å². The normalized spacial score (nSPS) is 11.4. The summed E-state index contributed by atoms with van der Waals surface area (Å²) in [7, 11) is 1.71. The van der Waals surface area contributed by atoms with Crippen molar-refractivity contribution in [1.82, 2.24) is 4.98 Å². The molecule has 3 aromatic rings. The third-order valence-corrected chi connectivity index (χ3v) is 4.05. The zero-order valence-corrected chi connectivity index (χ0v) is 13.4. The lowest BCUT2D eigenvalue weighted by Gasteiger charge is -2.13. The van der Waals surface area contributed by atoms with Gasteiger partial charge < -0.3 is 4.74 Å². The number of benzene rings is 2. The first-order valence-corrected chi connectivity index (χ1v) is 7.37. The zero-order chi connectivity index (χ0) is 14.3. The number of methoxy groups -OCH3 is 1. The molecule has 0 aliphatic carbocycles. The van der Waals surface area contributed by atoms with Crippen LogP contribution in [0.4, 0.5) is 0 Å². The molecule has 0 unspecified atom stereocenters. The summed E-state index contributed by atoms with van der Waals surface area (Å²) in [6.07, 6.45) is 0. The smallest absolute Gasteiger partial charge is 0.0890 e. The molecule has 1 aromatic heterocycles. The molecule has 0 saturated heterocycles. The second-order valence-electron chi connectivity index (χ2n) is 5.16. The summed E-state index contributed by atoms with van der Waals surface area (Å²) in [5.74, 6) is 0. The van der Waals surface area contributed by atoms with E-state index in [1.165, 1.54) is 27.3 Å². The molecule has 0 aliphatic rings. The summed E-state index contributed by atoms with van der Waals surface area (Å²) < 4.78 is 6.37. The van der Waals surface area contributed by atoms with E-state index in [1.807, 2.05) is 0 Å². The van der Waals surface area contributed by atoms with Crippen molar-refractivity contribution in [2.75, 3.05) is 7.11 Å². The molecule has 1 heterocycles. The van der Waals surface area contributed by atoms with E-state index in [1.54, 1.807) is 7.11 Å². The second-order valence-corrected chi connectivity index (χ2v) is 6.07. The van der Waals surface area contributed by atoms with Crippen LogP contribution in [-0.2, 0) is 11.3 Å². The monoisotopic (exact) mass is 329 g/mol. The topological polar surface area (TPSA) is 22.1 Å². The maximum Gasteiger partial charge on any atom is 0.0890 e. The van der Waals surface area contributed by atoms with Crippen molar-refractivity contribution in [2.24, 2.45) is 0 Å². The molecule has 0 radical (unpaired) electrons. The summed E-state index contributed by atoms with van der Waals surface area (Å²) >= 11 is 3.52. The predicted octanol–water partition coefficient (Wildman–Crippen LogP) is 4.91. The highest BCUT2D eigenvalue weighted by Crippen LogP contribution is 2.31. The fourth-order valence-corrected chi connectivity index (χ4v) is 3.18. The molecule has 0 saturated carbocycles. The van der Waals surface area contributed by atoms with E-state index < -0.39 is 0 Å². The Bertz CT molecular complexity index is 811. The summed E-state index contributed by atoms with van der Waals surface area (Å²) in [5.41, 5.74) is 4.53. The Labute approximate surface area is 126 Å². The number of rotatable bonds is 2. The molecule has 2 aromatic carbocycles. The summed E-state index contributed by atoms with van der Waals surface area (Å²) in [6, 6.07) is 10.7. The molecule has 0 fully saturated rings. The average Bonchev–Trinajstić information content (AvgIpc) is 2.37. The molecule has 2 nitrogen and oxygen atoms in total. The van der Waals surface area contributed by atoms with Gasteiger partial charge in [-0.3, -0.25) is 0 Å². The van der Waals surface area contributed by atoms with Crippen molar-refractivity contribution < 1.29 is 4.74 Å². The van der Waals surface area contributed by atoms with Gasteiger partial charge in [-0.2, -0.15) is 0 Å². The number of aryl methyl sites for hydroxylation is 2. The van der Waals surface area contributed by atoms with Crippen LogP contribution in [0.3, 0.4) is 0 Å². The minimum absolute atomic E-state index is 0.531. The number of pyridine rings is 1. The maximum atomic E-state index is 5.33. The molecular formula is C17H16BrNO. The van der Waals surface area contributed by atoms with Crippen LogP contribution in [0.2, 0.25) is 0 Å². The van der Waals surface area contributed by atoms with Crippen LogP contribution in [-0.4, -0.2) is 12.1 Å². The highest BCUT2D eigenvalue weighted by Gasteiger charge is 2.11. The van der Waals surface area contributed by atoms with Crippen LogP contribution in [0.15, 0.2) is 34.8 Å². The van der Waals surface area contributed by atoms with Gasteiger partial charge in [0.05, 0.1) is 17.8 Å². The van der Waals surface area contributed by atoms with E-state index in [0.29, 0.717) is 6.61 Å². The van der Waals surface area contributed by atoms with Gasteiger partial charge in [0, 0.05) is 22.4 Å². The quantitative estimate of drug-likeness (QED) is 0.623. The van der Waals surface area contributed by atoms with Gasteiger partial charge in [0.2, 0.25) is 0 Å². The standard InChI is InChI=1S/C17H16BrNO/c1-10-6-11(2)17-14(7-10)13-5-4-12(18)8-15(13)19-16(17)9-20-3/h4-8H,9H2,1-3H3. The third kappa shape index (κ3) is 2.21. The van der Waals surface area contributed by atoms with Crippen LogP contribution < -0.4 is 0 Å². The maximum absolute atomic E-state index is 5.33. The minimum Gasteiger partial charge on any atom is -0.378 e. The molecule has 0 amide bonds. The number of fused-ring (bicyclic) bond motifs is 3. The number of ether oxygens (including phenoxy) is 1. The molecule has 0 aliphatic heterocycles. The van der Waals surface area contributed by atoms with Crippen molar-refractivity contribution in [2.45, 2.75) is 20.5 Å². The fourth-order valence-electron chi connectivity index (χ4n) is 2.83. The molecule has 0 N–H and O–H groups in total. The number of aromatic nitrogens is 1. The first-order chi connectivity index (χ1) is 9.60. The van der Waals surface area contributed by atoms with Crippen molar-refractivity contribution in [3.63, 3.8) is 0 Å². The molecular weight excluding hydrogens is 314 g/mol. The average molecular weight is 330 g/mol. The third-order valence-electron chi connectivity index (χ3n) is 3.55. The van der Waals surface area contributed by atoms with Crippen LogP contribution in [0.25, 0.3) is 21.7 Å². The fraction of sp³-hybridized carbons (Fsp3) is 0.235.